The van der Waals surface area contributed by atoms with Gasteiger partial charge in [-0.15, -0.1) is 0 Å². The molecule has 0 radical (unpaired) electrons. The lowest BCUT2D eigenvalue weighted by Crippen LogP contribution is -2.38. The number of halogens is 1. The molecule has 4 rings (SSSR count). The van der Waals surface area contributed by atoms with Gasteiger partial charge in [-0.2, -0.15) is 5.10 Å². The molecule has 1 aliphatic rings. The molecular formula is C19H23ClN4O2. The number of benzene rings is 1. The first-order valence-corrected chi connectivity index (χ1v) is 9.49. The number of rotatable bonds is 4. The predicted molar refractivity (Wildman–Crippen MR) is 102 cm³/mol. The SMILES string of the molecule is CCn1ncc(CN2CCC[C@H](n3c(=O)oc4ccc(Cl)cc43)C2)c1C. The fourth-order valence-corrected chi connectivity index (χ4v) is 4.10. The Kier molecular flexibility index (Phi) is 4.63. The fourth-order valence-electron chi connectivity index (χ4n) is 3.94. The van der Waals surface area contributed by atoms with Crippen molar-refractivity contribution in [1.29, 1.82) is 0 Å². The van der Waals surface area contributed by atoms with E-state index in [1.165, 1.54) is 11.3 Å². The molecule has 0 aliphatic carbocycles. The summed E-state index contributed by atoms with van der Waals surface area (Å²) in [5, 5.41) is 5.05. The molecule has 0 amide bonds. The number of likely N-dealkylation sites (tertiary alicyclic amines) is 1. The summed E-state index contributed by atoms with van der Waals surface area (Å²) < 4.78 is 9.21. The molecule has 1 atom stereocenters. The summed E-state index contributed by atoms with van der Waals surface area (Å²) in [6.07, 6.45) is 3.97. The number of aromatic nitrogens is 3. The summed E-state index contributed by atoms with van der Waals surface area (Å²) >= 11 is 6.13. The summed E-state index contributed by atoms with van der Waals surface area (Å²) in [5.41, 5.74) is 3.84. The predicted octanol–water partition coefficient (Wildman–Crippen LogP) is 3.61. The van der Waals surface area contributed by atoms with Crippen LogP contribution in [0.4, 0.5) is 0 Å². The van der Waals surface area contributed by atoms with E-state index in [-0.39, 0.29) is 11.8 Å². The average Bonchev–Trinajstić information content (AvgIpc) is 3.14. The van der Waals surface area contributed by atoms with E-state index in [0.717, 1.165) is 44.5 Å². The molecule has 1 aliphatic heterocycles. The molecule has 2 aromatic heterocycles. The number of hydrogen-bond donors (Lipinski definition) is 0. The summed E-state index contributed by atoms with van der Waals surface area (Å²) in [6, 6.07) is 5.42. The lowest BCUT2D eigenvalue weighted by molar-refractivity contribution is 0.167. The van der Waals surface area contributed by atoms with Crippen LogP contribution in [0.2, 0.25) is 5.02 Å². The lowest BCUT2D eigenvalue weighted by atomic mass is 10.0. The van der Waals surface area contributed by atoms with Crippen molar-refractivity contribution in [2.75, 3.05) is 13.1 Å². The largest absolute Gasteiger partial charge is 0.420 e. The highest BCUT2D eigenvalue weighted by atomic mass is 35.5. The van der Waals surface area contributed by atoms with Gasteiger partial charge in [-0.05, 0) is 51.4 Å². The zero-order valence-electron chi connectivity index (χ0n) is 15.1. The van der Waals surface area contributed by atoms with Crippen LogP contribution in [-0.4, -0.2) is 32.3 Å². The van der Waals surface area contributed by atoms with Crippen LogP contribution in [-0.2, 0) is 13.1 Å². The number of piperidine rings is 1. The Balaban J connectivity index is 1.59. The van der Waals surface area contributed by atoms with Crippen molar-refractivity contribution < 1.29 is 4.42 Å². The molecule has 6 nitrogen and oxygen atoms in total. The first-order valence-electron chi connectivity index (χ1n) is 9.11. The van der Waals surface area contributed by atoms with Crippen LogP contribution in [0.5, 0.6) is 0 Å². The van der Waals surface area contributed by atoms with Crippen molar-refractivity contribution in [3.05, 3.63) is 51.2 Å². The van der Waals surface area contributed by atoms with Gasteiger partial charge in [0.05, 0.1) is 17.8 Å². The van der Waals surface area contributed by atoms with Crippen LogP contribution in [0, 0.1) is 6.92 Å². The van der Waals surface area contributed by atoms with Crippen molar-refractivity contribution in [1.82, 2.24) is 19.2 Å². The minimum Gasteiger partial charge on any atom is -0.408 e. The van der Waals surface area contributed by atoms with Crippen LogP contribution < -0.4 is 5.76 Å². The number of hydrogen-bond acceptors (Lipinski definition) is 4. The maximum atomic E-state index is 12.4. The molecule has 0 N–H and O–H groups in total. The number of oxazole rings is 1. The third-order valence-electron chi connectivity index (χ3n) is 5.32. The van der Waals surface area contributed by atoms with Crippen LogP contribution in [0.3, 0.4) is 0 Å². The van der Waals surface area contributed by atoms with E-state index in [1.54, 1.807) is 16.7 Å². The van der Waals surface area contributed by atoms with E-state index in [4.69, 9.17) is 16.0 Å². The minimum absolute atomic E-state index is 0.0949. The first kappa shape index (κ1) is 17.4. The third kappa shape index (κ3) is 3.08. The molecule has 0 saturated carbocycles. The highest BCUT2D eigenvalue weighted by molar-refractivity contribution is 6.31. The van der Waals surface area contributed by atoms with Gasteiger partial charge in [0.25, 0.3) is 0 Å². The van der Waals surface area contributed by atoms with Crippen molar-refractivity contribution in [3.63, 3.8) is 0 Å². The van der Waals surface area contributed by atoms with Crippen LogP contribution in [0.1, 0.15) is 37.1 Å². The quantitative estimate of drug-likeness (QED) is 0.700. The molecule has 0 bridgehead atoms. The van der Waals surface area contributed by atoms with Gasteiger partial charge in [-0.1, -0.05) is 11.6 Å². The van der Waals surface area contributed by atoms with E-state index in [1.807, 2.05) is 16.9 Å². The van der Waals surface area contributed by atoms with Crippen molar-refractivity contribution in [2.24, 2.45) is 0 Å². The van der Waals surface area contributed by atoms with Crippen molar-refractivity contribution >= 4 is 22.7 Å². The summed E-state index contributed by atoms with van der Waals surface area (Å²) in [5.74, 6) is -0.302. The summed E-state index contributed by atoms with van der Waals surface area (Å²) in [4.78, 5) is 14.8. The van der Waals surface area contributed by atoms with Crippen LogP contribution in [0.25, 0.3) is 11.1 Å². The molecule has 138 valence electrons. The normalized spacial score (nSPS) is 18.7. The van der Waals surface area contributed by atoms with E-state index >= 15 is 0 Å². The Hall–Kier alpha value is -2.05. The topological polar surface area (TPSA) is 56.2 Å². The average molecular weight is 375 g/mol. The van der Waals surface area contributed by atoms with Crippen molar-refractivity contribution in [3.8, 4) is 0 Å². The molecule has 1 aromatic carbocycles. The Labute approximate surface area is 157 Å². The van der Waals surface area contributed by atoms with E-state index in [0.29, 0.717) is 10.6 Å². The van der Waals surface area contributed by atoms with Gasteiger partial charge < -0.3 is 4.42 Å². The lowest BCUT2D eigenvalue weighted by Gasteiger charge is -2.33. The molecule has 26 heavy (non-hydrogen) atoms. The van der Waals surface area contributed by atoms with Gasteiger partial charge in [-0.3, -0.25) is 14.1 Å². The second-order valence-corrected chi connectivity index (χ2v) is 7.39. The van der Waals surface area contributed by atoms with Gasteiger partial charge in [0.15, 0.2) is 5.58 Å². The smallest absolute Gasteiger partial charge is 0.408 e. The molecular weight excluding hydrogens is 352 g/mol. The fraction of sp³-hybridized carbons (Fsp3) is 0.474. The van der Waals surface area contributed by atoms with Gasteiger partial charge in [0.1, 0.15) is 0 Å². The zero-order valence-corrected chi connectivity index (χ0v) is 15.9. The molecule has 7 heteroatoms. The summed E-state index contributed by atoms with van der Waals surface area (Å²) in [7, 11) is 0. The van der Waals surface area contributed by atoms with Gasteiger partial charge in [-0.25, -0.2) is 4.79 Å². The molecule has 0 unspecified atom stereocenters. The maximum Gasteiger partial charge on any atom is 0.420 e. The van der Waals surface area contributed by atoms with E-state index in [9.17, 15) is 4.79 Å². The van der Waals surface area contributed by atoms with E-state index in [2.05, 4.69) is 23.8 Å². The van der Waals surface area contributed by atoms with Gasteiger partial charge in [0.2, 0.25) is 0 Å². The Morgan fingerprint density at radius 2 is 2.23 bits per heavy atom. The Morgan fingerprint density at radius 3 is 3.00 bits per heavy atom. The Bertz CT molecular complexity index is 987. The highest BCUT2D eigenvalue weighted by Gasteiger charge is 2.26. The van der Waals surface area contributed by atoms with Crippen LogP contribution in [0.15, 0.2) is 33.6 Å². The van der Waals surface area contributed by atoms with Crippen molar-refractivity contribution in [2.45, 2.75) is 45.8 Å². The van der Waals surface area contributed by atoms with Gasteiger partial charge in [0, 0.05) is 35.9 Å². The Morgan fingerprint density at radius 1 is 1.38 bits per heavy atom. The number of nitrogens with zero attached hydrogens (tertiary/aromatic N) is 4. The summed E-state index contributed by atoms with van der Waals surface area (Å²) in [6.45, 7) is 7.79. The molecule has 0 spiro atoms. The van der Waals surface area contributed by atoms with E-state index < -0.39 is 0 Å². The standard InChI is InChI=1S/C19H23ClN4O2/c1-3-23-13(2)14(10-21-23)11-22-8-4-5-16(12-22)24-17-9-15(20)6-7-18(17)26-19(24)25/h6-7,9-10,16H,3-5,8,11-12H2,1-2H3/t16-/m0/s1. The number of fused-ring (bicyclic) bond motifs is 1. The number of aryl methyl sites for hydroxylation is 1. The second-order valence-electron chi connectivity index (χ2n) is 6.95. The maximum absolute atomic E-state index is 12.4. The minimum atomic E-state index is -0.302. The molecule has 1 fully saturated rings. The highest BCUT2D eigenvalue weighted by Crippen LogP contribution is 2.27. The zero-order chi connectivity index (χ0) is 18.3. The van der Waals surface area contributed by atoms with Crippen LogP contribution >= 0.6 is 11.6 Å². The monoisotopic (exact) mass is 374 g/mol. The first-order chi connectivity index (χ1) is 12.6. The molecule has 3 aromatic rings. The third-order valence-corrected chi connectivity index (χ3v) is 5.55. The second kappa shape index (κ2) is 6.93. The van der Waals surface area contributed by atoms with Gasteiger partial charge >= 0.3 is 5.76 Å². The molecule has 1 saturated heterocycles. The molecule has 3 heterocycles.